The Kier molecular flexibility index (Phi) is 5.24. The Morgan fingerprint density at radius 1 is 1.16 bits per heavy atom. The number of aromatic nitrogens is 3. The van der Waals surface area contributed by atoms with Crippen molar-refractivity contribution in [1.29, 1.82) is 0 Å². The topological polar surface area (TPSA) is 62.1 Å². The van der Waals surface area contributed by atoms with Crippen LogP contribution in [-0.4, -0.2) is 44.5 Å². The number of hydrogen-bond donors (Lipinski definition) is 1. The van der Waals surface area contributed by atoms with E-state index in [1.54, 1.807) is 6.92 Å². The minimum atomic E-state index is -0.418. The van der Waals surface area contributed by atoms with Gasteiger partial charge in [0.05, 0.1) is 6.10 Å². The first-order valence-corrected chi connectivity index (χ1v) is 7.83. The molecule has 2 atom stereocenters. The lowest BCUT2D eigenvalue weighted by atomic mass is 10.1. The predicted octanol–water partition coefficient (Wildman–Crippen LogP) is 2.38. The van der Waals surface area contributed by atoms with Gasteiger partial charge in [0, 0.05) is 18.3 Å². The van der Waals surface area contributed by atoms with Gasteiger partial charge in [0.25, 0.3) is 0 Å². The van der Waals surface area contributed by atoms with E-state index in [1.807, 2.05) is 6.92 Å². The van der Waals surface area contributed by atoms with E-state index in [2.05, 4.69) is 19.9 Å². The van der Waals surface area contributed by atoms with Crippen LogP contribution < -0.4 is 4.90 Å². The molecule has 0 spiro atoms. The van der Waals surface area contributed by atoms with Gasteiger partial charge in [-0.05, 0) is 37.8 Å². The minimum Gasteiger partial charge on any atom is -0.392 e. The zero-order chi connectivity index (χ0) is 13.8. The van der Waals surface area contributed by atoms with Crippen LogP contribution in [0.15, 0.2) is 5.16 Å². The summed E-state index contributed by atoms with van der Waals surface area (Å²) in [6, 6.07) is 0. The molecule has 1 fully saturated rings. The molecule has 5 nitrogen and oxygen atoms in total. The fourth-order valence-corrected chi connectivity index (χ4v) is 2.88. The van der Waals surface area contributed by atoms with Crippen molar-refractivity contribution in [2.75, 3.05) is 18.0 Å². The highest BCUT2D eigenvalue weighted by atomic mass is 35.5. The van der Waals surface area contributed by atoms with E-state index in [-0.39, 0.29) is 10.5 Å². The Morgan fingerprint density at radius 2 is 1.84 bits per heavy atom. The molecule has 1 N–H and O–H groups in total. The monoisotopic (exact) mass is 302 g/mol. The smallest absolute Gasteiger partial charge is 0.230 e. The molecule has 1 aliphatic rings. The summed E-state index contributed by atoms with van der Waals surface area (Å²) in [7, 11) is 0. The normalized spacial score (nSPS) is 19.3. The first-order valence-electron chi connectivity index (χ1n) is 6.57. The zero-order valence-electron chi connectivity index (χ0n) is 11.2. The van der Waals surface area contributed by atoms with Crippen LogP contribution in [-0.2, 0) is 0 Å². The Balaban J connectivity index is 2.14. The molecule has 1 aromatic heterocycles. The molecule has 19 heavy (non-hydrogen) atoms. The van der Waals surface area contributed by atoms with Crippen LogP contribution in [0.1, 0.15) is 33.1 Å². The van der Waals surface area contributed by atoms with E-state index in [9.17, 15) is 5.11 Å². The molecular weight excluding hydrogens is 284 g/mol. The number of thioether (sulfide) groups is 1. The summed E-state index contributed by atoms with van der Waals surface area (Å²) in [5.41, 5.74) is 0. The third-order valence-corrected chi connectivity index (χ3v) is 4.51. The van der Waals surface area contributed by atoms with Gasteiger partial charge in [-0.25, -0.2) is 0 Å². The van der Waals surface area contributed by atoms with Crippen molar-refractivity contribution in [2.45, 2.75) is 49.6 Å². The highest BCUT2D eigenvalue weighted by molar-refractivity contribution is 7.99. The van der Waals surface area contributed by atoms with Gasteiger partial charge in [-0.3, -0.25) is 0 Å². The lowest BCUT2D eigenvalue weighted by molar-refractivity contribution is 0.196. The maximum Gasteiger partial charge on any atom is 0.230 e. The molecule has 1 saturated heterocycles. The van der Waals surface area contributed by atoms with E-state index in [1.165, 1.54) is 18.2 Å². The summed E-state index contributed by atoms with van der Waals surface area (Å²) in [4.78, 5) is 14.9. The molecule has 0 bridgehead atoms. The second-order valence-corrected chi connectivity index (χ2v) is 6.48. The van der Waals surface area contributed by atoms with Crippen LogP contribution in [0.25, 0.3) is 0 Å². The molecule has 7 heteroatoms. The minimum absolute atomic E-state index is 0.0210. The molecule has 106 valence electrons. The van der Waals surface area contributed by atoms with Gasteiger partial charge in [0.2, 0.25) is 11.2 Å². The van der Waals surface area contributed by atoms with Crippen LogP contribution >= 0.6 is 23.4 Å². The van der Waals surface area contributed by atoms with E-state index >= 15 is 0 Å². The number of piperidine rings is 1. The number of halogens is 1. The molecule has 1 aromatic rings. The second kappa shape index (κ2) is 6.72. The molecule has 0 aliphatic carbocycles. The fourth-order valence-electron chi connectivity index (χ4n) is 1.87. The Labute approximate surface area is 122 Å². The summed E-state index contributed by atoms with van der Waals surface area (Å²) in [6.45, 7) is 5.63. The van der Waals surface area contributed by atoms with Crippen molar-refractivity contribution in [2.24, 2.45) is 0 Å². The highest BCUT2D eigenvalue weighted by Gasteiger charge is 2.18. The van der Waals surface area contributed by atoms with Crippen molar-refractivity contribution < 1.29 is 5.11 Å². The number of rotatable bonds is 4. The maximum atomic E-state index is 9.53. The Hall–Kier alpha value is -0.590. The molecule has 0 aromatic carbocycles. The van der Waals surface area contributed by atoms with Crippen LogP contribution in [0.3, 0.4) is 0 Å². The Morgan fingerprint density at radius 3 is 2.47 bits per heavy atom. The number of aliphatic hydroxyl groups excluding tert-OH is 1. The highest BCUT2D eigenvalue weighted by Crippen LogP contribution is 2.25. The van der Waals surface area contributed by atoms with Crippen LogP contribution in [0.4, 0.5) is 5.95 Å². The van der Waals surface area contributed by atoms with Crippen molar-refractivity contribution >= 4 is 29.3 Å². The standard InChI is InChI=1S/C12H19ClN4OS/c1-8(18)9(2)19-12-15-10(13)14-11(16-12)17-6-4-3-5-7-17/h8-9,18H,3-7H2,1-2H3. The van der Waals surface area contributed by atoms with E-state index in [4.69, 9.17) is 11.6 Å². The number of aliphatic hydroxyl groups is 1. The number of anilines is 1. The molecule has 2 rings (SSSR count). The van der Waals surface area contributed by atoms with Crippen LogP contribution in [0, 0.1) is 0 Å². The molecular formula is C12H19ClN4OS. The predicted molar refractivity (Wildman–Crippen MR) is 77.9 cm³/mol. The van der Waals surface area contributed by atoms with Crippen molar-refractivity contribution in [1.82, 2.24) is 15.0 Å². The maximum absolute atomic E-state index is 9.53. The molecule has 2 unspecified atom stereocenters. The molecule has 0 amide bonds. The van der Waals surface area contributed by atoms with Gasteiger partial charge in [-0.1, -0.05) is 18.7 Å². The number of nitrogens with zero attached hydrogens (tertiary/aromatic N) is 4. The van der Waals surface area contributed by atoms with Gasteiger partial charge in [-0.2, -0.15) is 15.0 Å². The summed E-state index contributed by atoms with van der Waals surface area (Å²) in [5.74, 6) is 0.653. The SMILES string of the molecule is CC(O)C(C)Sc1nc(Cl)nc(N2CCCCC2)n1. The third-order valence-electron chi connectivity index (χ3n) is 3.19. The summed E-state index contributed by atoms with van der Waals surface area (Å²) >= 11 is 7.39. The molecule has 2 heterocycles. The average molecular weight is 303 g/mol. The van der Waals surface area contributed by atoms with Crippen LogP contribution in [0.2, 0.25) is 5.28 Å². The number of hydrogen-bond acceptors (Lipinski definition) is 6. The quantitative estimate of drug-likeness (QED) is 0.862. The van der Waals surface area contributed by atoms with E-state index < -0.39 is 6.10 Å². The molecule has 1 aliphatic heterocycles. The van der Waals surface area contributed by atoms with Gasteiger partial charge < -0.3 is 10.0 Å². The summed E-state index contributed by atoms with van der Waals surface area (Å²) in [6.07, 6.45) is 3.17. The zero-order valence-corrected chi connectivity index (χ0v) is 12.8. The summed E-state index contributed by atoms with van der Waals surface area (Å²) < 4.78 is 0. The lowest BCUT2D eigenvalue weighted by Crippen LogP contribution is -2.31. The van der Waals surface area contributed by atoms with Crippen LogP contribution in [0.5, 0.6) is 0 Å². The second-order valence-electron chi connectivity index (χ2n) is 4.80. The summed E-state index contributed by atoms with van der Waals surface area (Å²) in [5, 5.41) is 10.4. The lowest BCUT2D eigenvalue weighted by Gasteiger charge is -2.26. The van der Waals surface area contributed by atoms with Crippen molar-refractivity contribution in [3.63, 3.8) is 0 Å². The Bertz CT molecular complexity index is 426. The molecule has 0 saturated carbocycles. The van der Waals surface area contributed by atoms with Gasteiger partial charge >= 0.3 is 0 Å². The van der Waals surface area contributed by atoms with Gasteiger partial charge in [0.1, 0.15) is 0 Å². The largest absolute Gasteiger partial charge is 0.392 e. The molecule has 0 radical (unpaired) electrons. The third kappa shape index (κ3) is 4.19. The van der Waals surface area contributed by atoms with Gasteiger partial charge in [0.15, 0.2) is 5.16 Å². The first-order chi connectivity index (χ1) is 9.06. The van der Waals surface area contributed by atoms with E-state index in [0.717, 1.165) is 25.9 Å². The van der Waals surface area contributed by atoms with Crippen molar-refractivity contribution in [3.05, 3.63) is 5.28 Å². The first kappa shape index (κ1) is 14.8. The van der Waals surface area contributed by atoms with Gasteiger partial charge in [-0.15, -0.1) is 0 Å². The van der Waals surface area contributed by atoms with E-state index in [0.29, 0.717) is 11.1 Å². The average Bonchev–Trinajstić information content (AvgIpc) is 2.39. The fraction of sp³-hybridized carbons (Fsp3) is 0.750. The van der Waals surface area contributed by atoms with Crippen molar-refractivity contribution in [3.8, 4) is 0 Å².